The molecule has 1 aliphatic carbocycles. The molecule has 0 aromatic carbocycles. The second-order valence-electron chi connectivity index (χ2n) is 7.60. The van der Waals surface area contributed by atoms with Gasteiger partial charge in [-0.05, 0) is 41.4 Å². The smallest absolute Gasteiger partial charge is 0.0324 e. The van der Waals surface area contributed by atoms with E-state index < -0.39 is 0 Å². The van der Waals surface area contributed by atoms with Crippen LogP contribution in [0.3, 0.4) is 0 Å². The van der Waals surface area contributed by atoms with E-state index in [1.807, 2.05) is 0 Å². The Balaban J connectivity index is 2.60. The van der Waals surface area contributed by atoms with E-state index in [0.717, 1.165) is 41.4 Å². The molecular weight excluding hydrogens is 228 g/mol. The molecule has 0 aliphatic heterocycles. The van der Waals surface area contributed by atoms with Gasteiger partial charge in [0.05, 0.1) is 0 Å². The molecule has 1 rings (SSSR count). The first-order valence-corrected chi connectivity index (χ1v) is 8.97. The van der Waals surface area contributed by atoms with Crippen molar-refractivity contribution in [3.63, 3.8) is 0 Å². The SMILES string of the molecule is CCC(C(C)CCC(C)C)C(CC)C1C(C)C1CC. The lowest BCUT2D eigenvalue weighted by Gasteiger charge is -2.32. The predicted octanol–water partition coefficient (Wildman–Crippen LogP) is 6.40. The van der Waals surface area contributed by atoms with Crippen LogP contribution >= 0.6 is 0 Å². The molecule has 0 saturated heterocycles. The second kappa shape index (κ2) is 7.70. The van der Waals surface area contributed by atoms with Gasteiger partial charge in [0.25, 0.3) is 0 Å². The van der Waals surface area contributed by atoms with Crippen molar-refractivity contribution in [1.82, 2.24) is 0 Å². The summed E-state index contributed by atoms with van der Waals surface area (Å²) in [7, 11) is 0. The lowest BCUT2D eigenvalue weighted by molar-refractivity contribution is 0.177. The lowest BCUT2D eigenvalue weighted by Crippen LogP contribution is -2.24. The van der Waals surface area contributed by atoms with Crippen molar-refractivity contribution in [2.45, 2.75) is 80.6 Å². The molecule has 1 saturated carbocycles. The van der Waals surface area contributed by atoms with Crippen molar-refractivity contribution in [3.8, 4) is 0 Å². The molecule has 6 unspecified atom stereocenters. The average molecular weight is 267 g/mol. The van der Waals surface area contributed by atoms with Crippen LogP contribution in [0.4, 0.5) is 0 Å². The van der Waals surface area contributed by atoms with Gasteiger partial charge in [-0.2, -0.15) is 0 Å². The Morgan fingerprint density at radius 1 is 0.895 bits per heavy atom. The predicted molar refractivity (Wildman–Crippen MR) is 87.2 cm³/mol. The molecule has 114 valence electrons. The fourth-order valence-electron chi connectivity index (χ4n) is 4.73. The van der Waals surface area contributed by atoms with Crippen molar-refractivity contribution in [2.24, 2.45) is 41.4 Å². The Bertz CT molecular complexity index is 242. The molecule has 1 fully saturated rings. The van der Waals surface area contributed by atoms with E-state index in [0.29, 0.717) is 0 Å². The van der Waals surface area contributed by atoms with Crippen molar-refractivity contribution in [3.05, 3.63) is 0 Å². The molecule has 0 spiro atoms. The van der Waals surface area contributed by atoms with Gasteiger partial charge in [-0.3, -0.25) is 0 Å². The number of hydrogen-bond acceptors (Lipinski definition) is 0. The van der Waals surface area contributed by atoms with Gasteiger partial charge in [0.15, 0.2) is 0 Å². The van der Waals surface area contributed by atoms with Crippen LogP contribution in [0.1, 0.15) is 80.6 Å². The molecule has 0 N–H and O–H groups in total. The molecule has 0 amide bonds. The maximum Gasteiger partial charge on any atom is -0.0324 e. The largest absolute Gasteiger partial charge is 0.0651 e. The Kier molecular flexibility index (Phi) is 6.91. The Hall–Kier alpha value is 0. The van der Waals surface area contributed by atoms with E-state index in [9.17, 15) is 0 Å². The summed E-state index contributed by atoms with van der Waals surface area (Å²) < 4.78 is 0. The summed E-state index contributed by atoms with van der Waals surface area (Å²) in [5.74, 6) is 6.82. The van der Waals surface area contributed by atoms with Crippen LogP contribution in [-0.4, -0.2) is 0 Å². The zero-order valence-electron chi connectivity index (χ0n) is 14.6. The molecular formula is C19H38. The Morgan fingerprint density at radius 2 is 1.53 bits per heavy atom. The summed E-state index contributed by atoms with van der Waals surface area (Å²) in [4.78, 5) is 0. The molecule has 19 heavy (non-hydrogen) atoms. The van der Waals surface area contributed by atoms with Crippen LogP contribution in [0, 0.1) is 41.4 Å². The highest BCUT2D eigenvalue weighted by molar-refractivity contribution is 4.99. The fraction of sp³-hybridized carbons (Fsp3) is 1.00. The van der Waals surface area contributed by atoms with E-state index in [1.165, 1.54) is 32.1 Å². The number of hydrogen-bond donors (Lipinski definition) is 0. The minimum absolute atomic E-state index is 0.864. The molecule has 0 heteroatoms. The highest BCUT2D eigenvalue weighted by Gasteiger charge is 2.50. The maximum atomic E-state index is 2.52. The molecule has 0 aromatic heterocycles. The first-order valence-electron chi connectivity index (χ1n) is 8.97. The minimum atomic E-state index is 0.864. The minimum Gasteiger partial charge on any atom is -0.0651 e. The highest BCUT2D eigenvalue weighted by atomic mass is 14.6. The molecule has 1 aliphatic rings. The number of rotatable bonds is 9. The van der Waals surface area contributed by atoms with Crippen LogP contribution in [-0.2, 0) is 0 Å². The quantitative estimate of drug-likeness (QED) is 0.453. The van der Waals surface area contributed by atoms with Gasteiger partial charge in [0.1, 0.15) is 0 Å². The summed E-state index contributed by atoms with van der Waals surface area (Å²) in [6, 6.07) is 0. The first kappa shape index (κ1) is 17.1. The third-order valence-corrected chi connectivity index (χ3v) is 6.02. The summed E-state index contributed by atoms with van der Waals surface area (Å²) in [6.07, 6.45) is 7.03. The zero-order chi connectivity index (χ0) is 14.6. The van der Waals surface area contributed by atoms with Gasteiger partial charge in [-0.1, -0.05) is 80.6 Å². The highest BCUT2D eigenvalue weighted by Crippen LogP contribution is 2.56. The molecule has 0 nitrogen and oxygen atoms in total. The van der Waals surface area contributed by atoms with Gasteiger partial charge < -0.3 is 0 Å². The van der Waals surface area contributed by atoms with Crippen molar-refractivity contribution in [1.29, 1.82) is 0 Å². The molecule has 0 radical (unpaired) electrons. The summed E-state index contributed by atoms with van der Waals surface area (Å²) in [6.45, 7) is 17.0. The molecule has 6 atom stereocenters. The average Bonchev–Trinajstić information content (AvgIpc) is 3.02. The third-order valence-electron chi connectivity index (χ3n) is 6.02. The van der Waals surface area contributed by atoms with Crippen LogP contribution < -0.4 is 0 Å². The monoisotopic (exact) mass is 266 g/mol. The molecule has 0 bridgehead atoms. The van der Waals surface area contributed by atoms with Gasteiger partial charge >= 0.3 is 0 Å². The van der Waals surface area contributed by atoms with Crippen molar-refractivity contribution < 1.29 is 0 Å². The summed E-state index contributed by atoms with van der Waals surface area (Å²) in [5, 5.41) is 0. The molecule has 0 aromatic rings. The van der Waals surface area contributed by atoms with Crippen LogP contribution in [0.2, 0.25) is 0 Å². The van der Waals surface area contributed by atoms with Crippen LogP contribution in [0.5, 0.6) is 0 Å². The van der Waals surface area contributed by atoms with Crippen LogP contribution in [0.25, 0.3) is 0 Å². The van der Waals surface area contributed by atoms with E-state index in [2.05, 4.69) is 48.5 Å². The first-order chi connectivity index (χ1) is 8.97. The standard InChI is InChI=1S/C19H38/c1-8-16(14(6)12-11-13(4)5)18(10-3)19-15(7)17(19)9-2/h13-19H,8-12H2,1-7H3. The Labute approximate surface area is 122 Å². The fourth-order valence-corrected chi connectivity index (χ4v) is 4.73. The summed E-state index contributed by atoms with van der Waals surface area (Å²) >= 11 is 0. The zero-order valence-corrected chi connectivity index (χ0v) is 14.6. The topological polar surface area (TPSA) is 0 Å². The third kappa shape index (κ3) is 4.23. The normalized spacial score (nSPS) is 31.3. The van der Waals surface area contributed by atoms with Crippen molar-refractivity contribution in [2.75, 3.05) is 0 Å². The van der Waals surface area contributed by atoms with E-state index in [1.54, 1.807) is 0 Å². The lowest BCUT2D eigenvalue weighted by atomic mass is 9.74. The second-order valence-corrected chi connectivity index (χ2v) is 7.60. The van der Waals surface area contributed by atoms with Crippen LogP contribution in [0.15, 0.2) is 0 Å². The van der Waals surface area contributed by atoms with E-state index in [4.69, 9.17) is 0 Å². The van der Waals surface area contributed by atoms with Gasteiger partial charge in [-0.15, -0.1) is 0 Å². The van der Waals surface area contributed by atoms with Gasteiger partial charge in [0, 0.05) is 0 Å². The van der Waals surface area contributed by atoms with Crippen molar-refractivity contribution >= 4 is 0 Å². The van der Waals surface area contributed by atoms with Gasteiger partial charge in [0.2, 0.25) is 0 Å². The van der Waals surface area contributed by atoms with E-state index in [-0.39, 0.29) is 0 Å². The van der Waals surface area contributed by atoms with Gasteiger partial charge in [-0.25, -0.2) is 0 Å². The summed E-state index contributed by atoms with van der Waals surface area (Å²) in [5.41, 5.74) is 0. The van der Waals surface area contributed by atoms with E-state index >= 15 is 0 Å². The molecule has 0 heterocycles. The Morgan fingerprint density at radius 3 is 1.89 bits per heavy atom. The maximum absolute atomic E-state index is 2.52.